The van der Waals surface area contributed by atoms with Gasteiger partial charge in [-0.15, -0.1) is 0 Å². The number of methoxy groups -OCH3 is 1. The topological polar surface area (TPSA) is 42.9 Å². The Morgan fingerprint density at radius 2 is 1.89 bits per heavy atom. The summed E-state index contributed by atoms with van der Waals surface area (Å²) in [5.41, 5.74) is 2.15. The maximum Gasteiger partial charge on any atom is 0.133 e. The second kappa shape index (κ2) is 8.66. The average molecular weight is 387 g/mol. The fourth-order valence-electron chi connectivity index (χ4n) is 3.42. The molecule has 2 aromatic carbocycles. The minimum atomic E-state index is 0.122. The van der Waals surface area contributed by atoms with Crippen molar-refractivity contribution < 1.29 is 9.47 Å². The van der Waals surface area contributed by atoms with E-state index in [0.717, 1.165) is 34.3 Å². The summed E-state index contributed by atoms with van der Waals surface area (Å²) in [6.45, 7) is 7.02. The van der Waals surface area contributed by atoms with Gasteiger partial charge in [0.1, 0.15) is 17.3 Å². The first-order valence-electron chi connectivity index (χ1n) is 9.42. The summed E-state index contributed by atoms with van der Waals surface area (Å²) >= 11 is 6.07. The monoisotopic (exact) mass is 386 g/mol. The minimum Gasteiger partial charge on any atom is -0.497 e. The third kappa shape index (κ3) is 4.56. The Kier molecular flexibility index (Phi) is 6.27. The van der Waals surface area contributed by atoms with Gasteiger partial charge in [0.25, 0.3) is 0 Å². The van der Waals surface area contributed by atoms with Crippen LogP contribution in [0.5, 0.6) is 11.5 Å². The maximum absolute atomic E-state index is 6.07. The van der Waals surface area contributed by atoms with Crippen LogP contribution in [0, 0.1) is 5.92 Å². The molecule has 1 aliphatic heterocycles. The van der Waals surface area contributed by atoms with Crippen LogP contribution in [-0.2, 0) is 0 Å². The van der Waals surface area contributed by atoms with Crippen molar-refractivity contribution in [1.29, 1.82) is 0 Å². The molecule has 144 valence electrons. The Balaban J connectivity index is 1.95. The summed E-state index contributed by atoms with van der Waals surface area (Å²) in [4.78, 5) is 5.03. The van der Waals surface area contributed by atoms with Crippen LogP contribution in [0.4, 0.5) is 0 Å². The summed E-state index contributed by atoms with van der Waals surface area (Å²) in [7, 11) is 1.66. The summed E-state index contributed by atoms with van der Waals surface area (Å²) in [5, 5.41) is 4.36. The smallest absolute Gasteiger partial charge is 0.133 e. The number of aliphatic imine (C=N–C) groups is 1. The van der Waals surface area contributed by atoms with Crippen molar-refractivity contribution in [3.63, 3.8) is 0 Å². The van der Waals surface area contributed by atoms with Gasteiger partial charge in [-0.25, -0.2) is 0 Å². The van der Waals surface area contributed by atoms with Gasteiger partial charge in [0.2, 0.25) is 0 Å². The molecular weight excluding hydrogens is 360 g/mol. The third-order valence-corrected chi connectivity index (χ3v) is 4.91. The largest absolute Gasteiger partial charge is 0.497 e. The van der Waals surface area contributed by atoms with Crippen molar-refractivity contribution in [2.75, 3.05) is 13.7 Å². The fourth-order valence-corrected chi connectivity index (χ4v) is 3.54. The number of hydrogen-bond donors (Lipinski definition) is 1. The Labute approximate surface area is 166 Å². The molecule has 0 radical (unpaired) electrons. The van der Waals surface area contributed by atoms with Crippen molar-refractivity contribution >= 4 is 17.4 Å². The van der Waals surface area contributed by atoms with E-state index in [9.17, 15) is 0 Å². The van der Waals surface area contributed by atoms with E-state index in [4.69, 9.17) is 26.1 Å². The number of nitrogens with zero attached hydrogens (tertiary/aromatic N) is 1. The van der Waals surface area contributed by atoms with E-state index in [1.807, 2.05) is 37.3 Å². The summed E-state index contributed by atoms with van der Waals surface area (Å²) in [6.07, 6.45) is 1.00. The molecule has 1 aliphatic rings. The van der Waals surface area contributed by atoms with Gasteiger partial charge in [0.15, 0.2) is 0 Å². The normalized spacial score (nSPS) is 19.0. The zero-order valence-electron chi connectivity index (χ0n) is 16.3. The predicted octanol–water partition coefficient (Wildman–Crippen LogP) is 5.25. The van der Waals surface area contributed by atoms with Crippen molar-refractivity contribution in [1.82, 2.24) is 5.32 Å². The molecule has 5 heteroatoms. The van der Waals surface area contributed by atoms with Crippen LogP contribution in [0.25, 0.3) is 0 Å². The first-order valence-corrected chi connectivity index (χ1v) is 9.80. The van der Waals surface area contributed by atoms with Crippen LogP contribution in [-0.4, -0.2) is 25.6 Å². The molecule has 0 spiro atoms. The van der Waals surface area contributed by atoms with Crippen LogP contribution in [0.1, 0.15) is 44.4 Å². The predicted molar refractivity (Wildman–Crippen MR) is 111 cm³/mol. The van der Waals surface area contributed by atoms with Crippen molar-refractivity contribution in [3.8, 4) is 11.5 Å². The lowest BCUT2D eigenvalue weighted by Crippen LogP contribution is -2.28. The van der Waals surface area contributed by atoms with Crippen molar-refractivity contribution in [2.45, 2.75) is 39.3 Å². The van der Waals surface area contributed by atoms with E-state index in [-0.39, 0.29) is 12.1 Å². The van der Waals surface area contributed by atoms with E-state index in [2.05, 4.69) is 31.3 Å². The molecule has 0 aromatic heterocycles. The van der Waals surface area contributed by atoms with Crippen LogP contribution in [0.2, 0.25) is 5.02 Å². The molecule has 0 amide bonds. The molecule has 2 unspecified atom stereocenters. The van der Waals surface area contributed by atoms with E-state index in [1.165, 1.54) is 5.56 Å². The number of rotatable bonds is 7. The zero-order valence-corrected chi connectivity index (χ0v) is 17.1. The standard InChI is InChI=1S/C22H27ClN2O2/c1-5-27-20-13-17(26-4)10-11-18(20)22-24-19(12-14(2)3)21(25-22)15-6-8-16(23)9-7-15/h6-11,13-14,19,21H,5,12H2,1-4H3,(H,24,25). The summed E-state index contributed by atoms with van der Waals surface area (Å²) in [5.74, 6) is 2.97. The highest BCUT2D eigenvalue weighted by Crippen LogP contribution is 2.33. The first-order chi connectivity index (χ1) is 13.0. The highest BCUT2D eigenvalue weighted by molar-refractivity contribution is 6.30. The number of halogens is 1. The molecule has 0 saturated carbocycles. The molecule has 2 aromatic rings. The number of ether oxygens (including phenoxy) is 2. The van der Waals surface area contributed by atoms with E-state index in [0.29, 0.717) is 12.5 Å². The SMILES string of the molecule is CCOc1cc(OC)ccc1C1=NC(CC(C)C)C(c2ccc(Cl)cc2)N1. The number of nitrogens with one attached hydrogen (secondary N) is 1. The van der Waals surface area contributed by atoms with Gasteiger partial charge in [-0.3, -0.25) is 4.99 Å². The molecule has 0 fully saturated rings. The van der Waals surface area contributed by atoms with Gasteiger partial charge in [-0.2, -0.15) is 0 Å². The number of hydrogen-bond acceptors (Lipinski definition) is 4. The highest BCUT2D eigenvalue weighted by Gasteiger charge is 2.32. The van der Waals surface area contributed by atoms with Crippen LogP contribution < -0.4 is 14.8 Å². The molecule has 1 heterocycles. The molecule has 4 nitrogen and oxygen atoms in total. The molecule has 2 atom stereocenters. The van der Waals surface area contributed by atoms with Gasteiger partial charge in [-0.1, -0.05) is 37.6 Å². The van der Waals surface area contributed by atoms with E-state index < -0.39 is 0 Å². The fraction of sp³-hybridized carbons (Fsp3) is 0.409. The third-order valence-electron chi connectivity index (χ3n) is 4.66. The Bertz CT molecular complexity index is 802. The molecule has 27 heavy (non-hydrogen) atoms. The lowest BCUT2D eigenvalue weighted by atomic mass is 9.94. The Morgan fingerprint density at radius 3 is 2.52 bits per heavy atom. The maximum atomic E-state index is 6.07. The lowest BCUT2D eigenvalue weighted by Gasteiger charge is -2.21. The number of amidine groups is 1. The first kappa shape index (κ1) is 19.6. The summed E-state index contributed by atoms with van der Waals surface area (Å²) in [6, 6.07) is 14.2. The van der Waals surface area contributed by atoms with Crippen molar-refractivity contribution in [2.24, 2.45) is 10.9 Å². The average Bonchev–Trinajstić information content (AvgIpc) is 3.05. The van der Waals surface area contributed by atoms with Crippen LogP contribution in [0.3, 0.4) is 0 Å². The zero-order chi connectivity index (χ0) is 19.4. The van der Waals surface area contributed by atoms with Crippen LogP contribution in [0.15, 0.2) is 47.5 Å². The van der Waals surface area contributed by atoms with Crippen molar-refractivity contribution in [3.05, 3.63) is 58.6 Å². The quantitative estimate of drug-likeness (QED) is 0.706. The van der Waals surface area contributed by atoms with Gasteiger partial charge in [0, 0.05) is 11.1 Å². The second-order valence-corrected chi connectivity index (χ2v) is 7.58. The van der Waals surface area contributed by atoms with Crippen LogP contribution >= 0.6 is 11.6 Å². The van der Waals surface area contributed by atoms with Gasteiger partial charge in [0.05, 0.1) is 31.4 Å². The molecule has 0 bridgehead atoms. The molecular formula is C22H27ClN2O2. The molecule has 1 N–H and O–H groups in total. The summed E-state index contributed by atoms with van der Waals surface area (Å²) < 4.78 is 11.2. The molecule has 3 rings (SSSR count). The van der Waals surface area contributed by atoms with Gasteiger partial charge >= 0.3 is 0 Å². The second-order valence-electron chi connectivity index (χ2n) is 7.14. The lowest BCUT2D eigenvalue weighted by molar-refractivity contribution is 0.335. The Hall–Kier alpha value is -2.20. The Morgan fingerprint density at radius 1 is 1.15 bits per heavy atom. The number of benzene rings is 2. The molecule has 0 aliphatic carbocycles. The van der Waals surface area contributed by atoms with E-state index >= 15 is 0 Å². The van der Waals surface area contributed by atoms with Gasteiger partial charge < -0.3 is 14.8 Å². The van der Waals surface area contributed by atoms with Gasteiger partial charge in [-0.05, 0) is 49.1 Å². The van der Waals surface area contributed by atoms with E-state index in [1.54, 1.807) is 7.11 Å². The molecule has 0 saturated heterocycles. The minimum absolute atomic E-state index is 0.122. The highest BCUT2D eigenvalue weighted by atomic mass is 35.5.